The maximum atomic E-state index is 12.7. The molecule has 0 aromatic heterocycles. The highest BCUT2D eigenvalue weighted by molar-refractivity contribution is 6.28. The minimum Gasteiger partial charge on any atom is -0.507 e. The molecule has 0 bridgehead atoms. The van der Waals surface area contributed by atoms with Crippen LogP contribution >= 0.6 is 0 Å². The maximum Gasteiger partial charge on any atom is 0.196 e. The Kier molecular flexibility index (Phi) is 3.30. The summed E-state index contributed by atoms with van der Waals surface area (Å²) in [6, 6.07) is 2.68. The number of carbonyl (C=O) groups excluding carboxylic acids is 2. The second kappa shape index (κ2) is 4.93. The molecule has 2 aliphatic rings. The van der Waals surface area contributed by atoms with Crippen molar-refractivity contribution < 1.29 is 29.3 Å². The predicted molar refractivity (Wildman–Crippen MR) is 76.4 cm³/mol. The molecule has 1 aliphatic carbocycles. The van der Waals surface area contributed by atoms with E-state index < -0.39 is 29.9 Å². The van der Waals surface area contributed by atoms with Gasteiger partial charge in [0.2, 0.25) is 0 Å². The normalized spacial score (nSPS) is 27.5. The van der Waals surface area contributed by atoms with E-state index in [-0.39, 0.29) is 33.8 Å². The lowest BCUT2D eigenvalue weighted by Crippen LogP contribution is -2.45. The van der Waals surface area contributed by atoms with E-state index in [4.69, 9.17) is 9.47 Å². The Morgan fingerprint density at radius 1 is 1.14 bits per heavy atom. The zero-order chi connectivity index (χ0) is 16.2. The van der Waals surface area contributed by atoms with Gasteiger partial charge in [-0.2, -0.15) is 0 Å². The highest BCUT2D eigenvalue weighted by Crippen LogP contribution is 2.40. The van der Waals surface area contributed by atoms with E-state index in [1.807, 2.05) is 0 Å². The summed E-state index contributed by atoms with van der Waals surface area (Å²) >= 11 is 0. The molecule has 3 atom stereocenters. The average molecular weight is 304 g/mol. The van der Waals surface area contributed by atoms with E-state index in [2.05, 4.69) is 0 Å². The molecule has 116 valence electrons. The number of fused-ring (bicyclic) bond motifs is 1. The lowest BCUT2D eigenvalue weighted by molar-refractivity contribution is -0.0493. The lowest BCUT2D eigenvalue weighted by atomic mass is 9.77. The number of aromatic hydroxyl groups is 1. The first kappa shape index (κ1) is 14.7. The van der Waals surface area contributed by atoms with E-state index in [0.29, 0.717) is 0 Å². The number of benzene rings is 1. The Labute approximate surface area is 127 Å². The second-order valence-electron chi connectivity index (χ2n) is 5.48. The molecule has 1 aliphatic heterocycles. The largest absolute Gasteiger partial charge is 0.507 e. The first-order valence-electron chi connectivity index (χ1n) is 6.94. The number of Topliss-reactive ketones (excluding diaryl/α,β-unsaturated/α-hetero) is 2. The number of ketones is 2. The van der Waals surface area contributed by atoms with Crippen LogP contribution in [-0.2, 0) is 4.74 Å². The predicted octanol–water partition coefficient (Wildman–Crippen LogP) is 1.24. The molecular formula is C16H16O6. The zero-order valence-electron chi connectivity index (χ0n) is 12.4. The number of ether oxygens (including phenoxy) is 2. The summed E-state index contributed by atoms with van der Waals surface area (Å²) in [6.45, 7) is 3.29. The summed E-state index contributed by atoms with van der Waals surface area (Å²) in [6.07, 6.45) is -2.39. The number of aliphatic hydroxyl groups is 1. The molecule has 3 rings (SSSR count). The van der Waals surface area contributed by atoms with E-state index >= 15 is 0 Å². The van der Waals surface area contributed by atoms with Gasteiger partial charge in [0.1, 0.15) is 17.6 Å². The number of hydrogen-bond acceptors (Lipinski definition) is 6. The van der Waals surface area contributed by atoms with Gasteiger partial charge in [0, 0.05) is 22.8 Å². The van der Waals surface area contributed by atoms with Crippen LogP contribution in [0.2, 0.25) is 0 Å². The van der Waals surface area contributed by atoms with Crippen molar-refractivity contribution in [3.8, 4) is 11.5 Å². The van der Waals surface area contributed by atoms with E-state index in [1.165, 1.54) is 19.2 Å². The molecule has 0 fully saturated rings. The molecule has 2 N–H and O–H groups in total. The van der Waals surface area contributed by atoms with Crippen LogP contribution in [-0.4, -0.2) is 47.2 Å². The maximum absolute atomic E-state index is 12.7. The number of phenols is 1. The Hall–Kier alpha value is -2.18. The molecule has 6 nitrogen and oxygen atoms in total. The van der Waals surface area contributed by atoms with Gasteiger partial charge in [0.25, 0.3) is 0 Å². The monoisotopic (exact) mass is 304 g/mol. The minimum atomic E-state index is -1.18. The average Bonchev–Trinajstić information content (AvgIpc) is 2.47. The second-order valence-corrected chi connectivity index (χ2v) is 5.48. The number of methoxy groups -OCH3 is 1. The summed E-state index contributed by atoms with van der Waals surface area (Å²) in [7, 11) is 1.40. The van der Waals surface area contributed by atoms with Gasteiger partial charge < -0.3 is 19.7 Å². The fourth-order valence-corrected chi connectivity index (χ4v) is 3.06. The molecular weight excluding hydrogens is 288 g/mol. The van der Waals surface area contributed by atoms with Crippen LogP contribution in [0.15, 0.2) is 23.3 Å². The van der Waals surface area contributed by atoms with Crippen molar-refractivity contribution in [2.24, 2.45) is 0 Å². The Bertz CT molecular complexity index is 718. The number of rotatable bonds is 1. The molecule has 1 aromatic rings. The van der Waals surface area contributed by atoms with Crippen LogP contribution in [0.4, 0.5) is 0 Å². The third-order valence-electron chi connectivity index (χ3n) is 4.14. The first-order valence-corrected chi connectivity index (χ1v) is 6.94. The van der Waals surface area contributed by atoms with Crippen LogP contribution in [0, 0.1) is 0 Å². The fourth-order valence-electron chi connectivity index (χ4n) is 3.06. The van der Waals surface area contributed by atoms with Gasteiger partial charge in [-0.15, -0.1) is 0 Å². The van der Waals surface area contributed by atoms with Gasteiger partial charge in [-0.3, -0.25) is 9.59 Å². The van der Waals surface area contributed by atoms with Gasteiger partial charge in [0.05, 0.1) is 24.9 Å². The molecule has 1 heterocycles. The number of aliphatic hydroxyl groups excluding tert-OH is 1. The smallest absolute Gasteiger partial charge is 0.196 e. The van der Waals surface area contributed by atoms with Crippen LogP contribution in [0.3, 0.4) is 0 Å². The number of hydrogen-bond donors (Lipinski definition) is 2. The third-order valence-corrected chi connectivity index (χ3v) is 4.14. The van der Waals surface area contributed by atoms with Gasteiger partial charge in [-0.25, -0.2) is 0 Å². The highest BCUT2D eigenvalue weighted by Gasteiger charge is 2.44. The van der Waals surface area contributed by atoms with E-state index in [1.54, 1.807) is 13.8 Å². The Morgan fingerprint density at radius 2 is 1.82 bits per heavy atom. The van der Waals surface area contributed by atoms with Gasteiger partial charge in [0.15, 0.2) is 11.6 Å². The van der Waals surface area contributed by atoms with Gasteiger partial charge in [-0.05, 0) is 19.9 Å². The molecule has 0 saturated heterocycles. The Morgan fingerprint density at radius 3 is 2.45 bits per heavy atom. The van der Waals surface area contributed by atoms with Crippen molar-refractivity contribution in [3.05, 3.63) is 34.4 Å². The molecule has 0 unspecified atom stereocenters. The van der Waals surface area contributed by atoms with Crippen LogP contribution in [0.5, 0.6) is 11.5 Å². The van der Waals surface area contributed by atoms with Crippen molar-refractivity contribution in [2.75, 3.05) is 7.11 Å². The van der Waals surface area contributed by atoms with E-state index in [0.717, 1.165) is 0 Å². The fraction of sp³-hybridized carbons (Fsp3) is 0.375. The van der Waals surface area contributed by atoms with Crippen LogP contribution < -0.4 is 4.74 Å². The number of carbonyl (C=O) groups is 2. The summed E-state index contributed by atoms with van der Waals surface area (Å²) < 4.78 is 10.5. The standard InChI is InChI=1S/C16H16O6/c1-6-11-13(14(18)7(2)22-6)15(19)9-4-8(21-3)5-10(17)12(9)16(11)20/h4-7,14,17-18H,1-3H3/t6-,7-,14+/m0/s1. The van der Waals surface area contributed by atoms with Crippen molar-refractivity contribution >= 4 is 11.6 Å². The summed E-state index contributed by atoms with van der Waals surface area (Å²) in [5.41, 5.74) is 0.141. The minimum absolute atomic E-state index is 0.0425. The van der Waals surface area contributed by atoms with Crippen molar-refractivity contribution in [1.29, 1.82) is 0 Å². The molecule has 22 heavy (non-hydrogen) atoms. The molecule has 0 saturated carbocycles. The third kappa shape index (κ3) is 1.88. The Balaban J connectivity index is 2.26. The summed E-state index contributed by atoms with van der Waals surface area (Å²) in [4.78, 5) is 25.4. The first-order chi connectivity index (χ1) is 10.4. The van der Waals surface area contributed by atoms with Crippen molar-refractivity contribution in [3.63, 3.8) is 0 Å². The van der Waals surface area contributed by atoms with Gasteiger partial charge >= 0.3 is 0 Å². The van der Waals surface area contributed by atoms with Crippen molar-refractivity contribution in [1.82, 2.24) is 0 Å². The summed E-state index contributed by atoms with van der Waals surface area (Å²) in [5.74, 6) is -1.03. The molecule has 0 spiro atoms. The van der Waals surface area contributed by atoms with Crippen molar-refractivity contribution in [2.45, 2.75) is 32.2 Å². The quantitative estimate of drug-likeness (QED) is 0.811. The molecule has 6 heteroatoms. The SMILES string of the molecule is COc1cc(O)c2c(c1)C(=O)C1=C(C2=O)[C@H](C)O[C@@H](C)[C@H]1O. The van der Waals surface area contributed by atoms with Crippen LogP contribution in [0.1, 0.15) is 34.6 Å². The van der Waals surface area contributed by atoms with Gasteiger partial charge in [-0.1, -0.05) is 0 Å². The van der Waals surface area contributed by atoms with Crippen LogP contribution in [0.25, 0.3) is 0 Å². The number of phenolic OH excluding ortho intramolecular Hbond substituents is 1. The lowest BCUT2D eigenvalue weighted by Gasteiger charge is -2.36. The topological polar surface area (TPSA) is 93.1 Å². The van der Waals surface area contributed by atoms with E-state index in [9.17, 15) is 19.8 Å². The molecule has 1 aromatic carbocycles. The molecule has 0 amide bonds. The highest BCUT2D eigenvalue weighted by atomic mass is 16.5. The molecule has 0 radical (unpaired) electrons. The summed E-state index contributed by atoms with van der Waals surface area (Å²) in [5, 5.41) is 20.3. The zero-order valence-corrected chi connectivity index (χ0v) is 12.4.